The summed E-state index contributed by atoms with van der Waals surface area (Å²) < 4.78 is 73.3. The Balaban J connectivity index is 0.00000224. The molecular formula is C85H109F4N12O19+. The highest BCUT2D eigenvalue weighted by atomic mass is 19.4. The Bertz CT molecular complexity index is 4530. The zero-order valence-electron chi connectivity index (χ0n) is 68.6. The number of fused-ring (bicyclic) bond motifs is 16. The molecule has 0 unspecified atom stereocenters. The Kier molecular flexibility index (Phi) is 33.1. The topological polar surface area (TPSA) is 398 Å². The number of allylic oxidation sites excluding steroid dienone is 1. The van der Waals surface area contributed by atoms with Gasteiger partial charge in [0.05, 0.1) is 72.9 Å². The number of quaternary nitrogens is 1. The average molecular weight is 1680 g/mol. The Hall–Kier alpha value is -11.0. The summed E-state index contributed by atoms with van der Waals surface area (Å²) in [6, 6.07) is 15.7. The van der Waals surface area contributed by atoms with Crippen LogP contribution >= 0.6 is 0 Å². The number of aliphatic carboxylic acids is 1. The van der Waals surface area contributed by atoms with Crippen LogP contribution in [-0.4, -0.2) is 265 Å². The molecule has 6 aliphatic heterocycles. The summed E-state index contributed by atoms with van der Waals surface area (Å²) in [7, 11) is 7.62. The highest BCUT2D eigenvalue weighted by Crippen LogP contribution is 2.34. The van der Waals surface area contributed by atoms with Crippen LogP contribution in [0.3, 0.4) is 0 Å². The molecule has 0 aliphatic carbocycles. The highest BCUT2D eigenvalue weighted by Gasteiger charge is 2.50. The lowest BCUT2D eigenvalue weighted by Crippen LogP contribution is -2.63. The van der Waals surface area contributed by atoms with Crippen LogP contribution in [0, 0.1) is 11.7 Å². The van der Waals surface area contributed by atoms with E-state index >= 15 is 33.2 Å². The van der Waals surface area contributed by atoms with Crippen molar-refractivity contribution in [2.45, 2.75) is 184 Å². The van der Waals surface area contributed by atoms with Crippen LogP contribution in [0.1, 0.15) is 112 Å². The maximum Gasteiger partial charge on any atom is 0.490 e. The van der Waals surface area contributed by atoms with Crippen molar-refractivity contribution in [2.75, 3.05) is 94.0 Å². The van der Waals surface area contributed by atoms with Gasteiger partial charge in [0, 0.05) is 107 Å². The average Bonchev–Trinajstić information content (AvgIpc) is 1.65. The molecule has 10 amide bonds. The number of halogens is 4. The molecule has 0 spiro atoms. The summed E-state index contributed by atoms with van der Waals surface area (Å²) in [5.41, 5.74) is 2.62. The second-order valence-corrected chi connectivity index (χ2v) is 32.0. The van der Waals surface area contributed by atoms with E-state index in [1.165, 1.54) is 42.9 Å². The molecular weight excluding hydrogens is 1570 g/mol. The molecule has 6 aliphatic rings. The second kappa shape index (κ2) is 42.8. The number of benzene rings is 4. The van der Waals surface area contributed by atoms with Gasteiger partial charge in [-0.2, -0.15) is 13.2 Å². The van der Waals surface area contributed by atoms with Crippen LogP contribution < -0.4 is 42.0 Å². The number of carboxylic acid groups (broad SMARTS) is 1. The minimum absolute atomic E-state index is 0.0242. The molecule has 7 heterocycles. The Morgan fingerprint density at radius 1 is 0.708 bits per heavy atom. The molecule has 0 saturated carbocycles. The van der Waals surface area contributed by atoms with Crippen molar-refractivity contribution >= 4 is 87.5 Å². The molecule has 31 nitrogen and oxygen atoms in total. The third-order valence-corrected chi connectivity index (χ3v) is 21.8. The minimum Gasteiger partial charge on any atom is -0.497 e. The predicted molar refractivity (Wildman–Crippen MR) is 428 cm³/mol. The molecule has 9 N–H and O–H groups in total. The predicted octanol–water partition coefficient (Wildman–Crippen LogP) is 3.38. The summed E-state index contributed by atoms with van der Waals surface area (Å²) in [5.74, 6) is -12.9. The maximum absolute atomic E-state index is 16.3. The number of amides is 10. The monoisotopic (exact) mass is 1680 g/mol. The maximum atomic E-state index is 16.3. The second-order valence-electron chi connectivity index (χ2n) is 32.0. The minimum atomic E-state index is -5.08. The molecule has 1 aromatic heterocycles. The van der Waals surface area contributed by atoms with Crippen LogP contribution in [0.4, 0.5) is 17.6 Å². The van der Waals surface area contributed by atoms with Gasteiger partial charge in [0.25, 0.3) is 0 Å². The SMILES string of the molecule is COc1ccc(C[C@@H]2NC(=O)[C@H]([C@@H](C)O)NC(=O)[C@@H]3[C@@H]4CCN3C(=O)[C@H]3CC(=O)[C@H](Cc5cccc(c5)CNC(=O)CO4)NC(=O)[C@@H](CCC(=O)CCOCCOCC[N+](C)(C)C)NC(=O)[C@H](C)NC(=O)CCC(=O)N(C/C=C/Cn4cc(c5cc(F)ccc54)C3)Cc3ccc(cc3)CCNC(=O)[C@]3(C)CCCN3C2=O)cc1.O=C(O)C(F)(F)F. The fourth-order valence-corrected chi connectivity index (χ4v) is 15.0. The molecule has 2 fully saturated rings. The van der Waals surface area contributed by atoms with Gasteiger partial charge in [-0.15, -0.1) is 0 Å². The standard InChI is InChI=1S/C83H107FN12O17.C2HF3O2/c1-52-76(103)88-65(24-21-62(98)30-38-111-40-41-112-39-37-96(4,5)6)77(104)89-66-44-57-12-10-13-58(42-57)48-86-72(101)51-113-70-29-36-94-75(70)79(106)91-74(53(2)97)78(105)90-67(43-55-18-22-63(110-7)23-19-55)81(108)95-35-11-31-83(95,3)82(109)85-32-28-54-14-16-56(17-15-54)49-93(73(102)27-26-71(100)87-52)34-9-8-33-92-50-60(45-59(80(94)107)46-69(66)99)64-47-61(84)20-25-68(64)92;3-2(4,5)1(6)7/h8-10,12-20,22-23,25,42,47,50,52-53,59,65-67,70,74-75,97H,11,21,24,26-41,43-46,48-49,51H2,1-7H3,(H6-,85,86,87,88,89,90,91,100,101,103,104,105,106,109);(H,6,7)/p+1/b9-8+;/t52-,53+,59+,65+,66-,67-,70-,74-,75-,83-;/m0./s1. The fourth-order valence-electron chi connectivity index (χ4n) is 15.0. The number of methoxy groups -OCH3 is 1. The van der Waals surface area contributed by atoms with Gasteiger partial charge in [-0.25, -0.2) is 9.18 Å². The number of rotatable bonds is 16. The molecule has 650 valence electrons. The van der Waals surface area contributed by atoms with E-state index in [1.807, 2.05) is 45.4 Å². The number of carbonyl (C=O) groups is 13. The van der Waals surface area contributed by atoms with Crippen molar-refractivity contribution in [3.05, 3.63) is 149 Å². The number of carboxylic acids is 1. The van der Waals surface area contributed by atoms with E-state index in [4.69, 9.17) is 28.8 Å². The molecule has 120 heavy (non-hydrogen) atoms. The largest absolute Gasteiger partial charge is 0.497 e. The van der Waals surface area contributed by atoms with Gasteiger partial charge in [-0.05, 0) is 129 Å². The van der Waals surface area contributed by atoms with Crippen molar-refractivity contribution in [2.24, 2.45) is 5.92 Å². The molecule has 12 bridgehead atoms. The number of hydrogen-bond donors (Lipinski definition) is 9. The van der Waals surface area contributed by atoms with E-state index in [1.54, 1.807) is 89.3 Å². The van der Waals surface area contributed by atoms with Crippen molar-refractivity contribution < 1.29 is 114 Å². The molecule has 2 saturated heterocycles. The normalized spacial score (nSPS) is 24.0. The number of likely N-dealkylation sites (N-methyl/N-ethyl adjacent to an activating group) is 1. The van der Waals surface area contributed by atoms with Gasteiger partial charge >= 0.3 is 12.1 Å². The van der Waals surface area contributed by atoms with E-state index in [0.717, 1.165) is 12.1 Å². The lowest BCUT2D eigenvalue weighted by atomic mass is 9.88. The summed E-state index contributed by atoms with van der Waals surface area (Å²) in [5, 5.41) is 38.7. The first-order valence-electron chi connectivity index (χ1n) is 40.2. The molecule has 5 aromatic rings. The van der Waals surface area contributed by atoms with Crippen molar-refractivity contribution in [3.8, 4) is 5.75 Å². The van der Waals surface area contributed by atoms with Gasteiger partial charge < -0.3 is 90.1 Å². The van der Waals surface area contributed by atoms with Crippen LogP contribution in [0.25, 0.3) is 10.9 Å². The van der Waals surface area contributed by atoms with Crippen molar-refractivity contribution in [1.29, 1.82) is 0 Å². The summed E-state index contributed by atoms with van der Waals surface area (Å²) in [6.45, 7) is 5.66. The number of ketones is 2. The van der Waals surface area contributed by atoms with Crippen LogP contribution in [0.5, 0.6) is 5.75 Å². The molecule has 0 radical (unpaired) electrons. The lowest BCUT2D eigenvalue weighted by molar-refractivity contribution is -0.870. The number of ether oxygens (including phenoxy) is 4. The third-order valence-electron chi connectivity index (χ3n) is 21.8. The first-order valence-corrected chi connectivity index (χ1v) is 40.2. The highest BCUT2D eigenvalue weighted by molar-refractivity contribution is 6.00. The number of nitrogens with one attached hydrogen (secondary N) is 7. The number of hydrogen-bond acceptors (Lipinski definition) is 18. The molecule has 10 atom stereocenters. The molecule has 11 rings (SSSR count). The quantitative estimate of drug-likeness (QED) is 0.0296. The Morgan fingerprint density at radius 2 is 1.40 bits per heavy atom. The Morgan fingerprint density at radius 3 is 2.10 bits per heavy atom. The van der Waals surface area contributed by atoms with Gasteiger partial charge in [-0.1, -0.05) is 72.8 Å². The smallest absolute Gasteiger partial charge is 0.490 e. The molecule has 4 aromatic carbocycles. The number of alkyl halides is 3. The van der Waals surface area contributed by atoms with Crippen molar-refractivity contribution in [1.82, 2.24) is 56.5 Å². The summed E-state index contributed by atoms with van der Waals surface area (Å²) in [6.07, 6.45) is -4.47. The zero-order valence-corrected chi connectivity index (χ0v) is 68.6. The summed E-state index contributed by atoms with van der Waals surface area (Å²) >= 11 is 0. The van der Waals surface area contributed by atoms with Crippen molar-refractivity contribution in [3.63, 3.8) is 0 Å². The van der Waals surface area contributed by atoms with Crippen LogP contribution in [0.15, 0.2) is 109 Å². The van der Waals surface area contributed by atoms with Gasteiger partial charge in [-0.3, -0.25) is 57.5 Å². The van der Waals surface area contributed by atoms with Gasteiger partial charge in [0.2, 0.25) is 59.1 Å². The number of Topliss-reactive ketones (excluding diaryl/α,β-unsaturated/α-hetero) is 2. The number of nitrogens with zero attached hydrogens (tertiary/aromatic N) is 5. The zero-order chi connectivity index (χ0) is 87.2. The van der Waals surface area contributed by atoms with E-state index in [0.29, 0.717) is 75.0 Å². The number of aliphatic hydroxyl groups excluding tert-OH is 1. The lowest BCUT2D eigenvalue weighted by Gasteiger charge is -2.37. The fraction of sp³-hybridized carbons (Fsp3) is 0.518. The van der Waals surface area contributed by atoms with E-state index in [-0.39, 0.29) is 129 Å². The van der Waals surface area contributed by atoms with Crippen LogP contribution in [-0.2, 0) is 122 Å². The first kappa shape index (κ1) is 92.9. The first-order chi connectivity index (χ1) is 57.0. The molecule has 35 heteroatoms. The number of aliphatic hydroxyl groups is 1. The summed E-state index contributed by atoms with van der Waals surface area (Å²) in [4.78, 5) is 192. The van der Waals surface area contributed by atoms with Crippen LogP contribution in [0.2, 0.25) is 0 Å². The van der Waals surface area contributed by atoms with Gasteiger partial charge in [0.15, 0.2) is 5.78 Å². The van der Waals surface area contributed by atoms with Gasteiger partial charge in [0.1, 0.15) is 66.2 Å². The third kappa shape index (κ3) is 26.5. The number of carbonyl (C=O) groups excluding carboxylic acids is 12. The van der Waals surface area contributed by atoms with E-state index in [2.05, 4.69) is 37.2 Å². The van der Waals surface area contributed by atoms with E-state index < -0.39 is 156 Å². The number of aromatic nitrogens is 1. The van der Waals surface area contributed by atoms with E-state index in [9.17, 15) is 47.0 Å². The Labute approximate surface area is 692 Å².